The number of carboxylic acids is 1. The minimum atomic E-state index is -1.20. The highest BCUT2D eigenvalue weighted by molar-refractivity contribution is 5.86. The second-order valence-corrected chi connectivity index (χ2v) is 5.08. The van der Waals surface area contributed by atoms with Crippen molar-refractivity contribution in [1.82, 2.24) is 4.90 Å². The highest BCUT2D eigenvalue weighted by Gasteiger charge is 2.34. The summed E-state index contributed by atoms with van der Waals surface area (Å²) in [6.07, 6.45) is 0.813. The Morgan fingerprint density at radius 3 is 2.40 bits per heavy atom. The molecule has 5 nitrogen and oxygen atoms in total. The first-order valence-electron chi connectivity index (χ1n) is 6.53. The molecule has 5 heteroatoms. The van der Waals surface area contributed by atoms with Gasteiger partial charge in [0.05, 0.1) is 6.61 Å². The van der Waals surface area contributed by atoms with Crippen LogP contribution in [0.2, 0.25) is 0 Å². The number of aliphatic carboxylic acids is 1. The molecule has 0 heterocycles. The van der Waals surface area contributed by atoms with Crippen molar-refractivity contribution in [2.24, 2.45) is 0 Å². The fourth-order valence-corrected chi connectivity index (χ4v) is 1.55. The fourth-order valence-electron chi connectivity index (χ4n) is 1.55. The number of rotatable bonds is 7. The Kier molecular flexibility index (Phi) is 5.55. The molecule has 0 saturated carbocycles. The summed E-state index contributed by atoms with van der Waals surface area (Å²) in [7, 11) is 1.51. The molecule has 0 saturated heterocycles. The lowest BCUT2D eigenvalue weighted by Gasteiger charge is -2.31. The molecule has 0 bridgehead atoms. The summed E-state index contributed by atoms with van der Waals surface area (Å²) in [6, 6.07) is 9.36. The van der Waals surface area contributed by atoms with Crippen LogP contribution in [0.5, 0.6) is 5.75 Å². The molecule has 0 aromatic heterocycles. The Balaban J connectivity index is 2.35. The van der Waals surface area contributed by atoms with Crippen molar-refractivity contribution in [2.75, 3.05) is 13.7 Å². The zero-order valence-corrected chi connectivity index (χ0v) is 12.1. The van der Waals surface area contributed by atoms with Crippen molar-refractivity contribution < 1.29 is 19.4 Å². The molecule has 0 aliphatic heterocycles. The van der Waals surface area contributed by atoms with Gasteiger partial charge in [0.2, 0.25) is 5.91 Å². The first-order valence-corrected chi connectivity index (χ1v) is 6.53. The third kappa shape index (κ3) is 4.26. The van der Waals surface area contributed by atoms with E-state index < -0.39 is 11.5 Å². The van der Waals surface area contributed by atoms with Crippen LogP contribution >= 0.6 is 0 Å². The van der Waals surface area contributed by atoms with Gasteiger partial charge in [0.25, 0.3) is 0 Å². The summed E-state index contributed by atoms with van der Waals surface area (Å²) in [5, 5.41) is 9.06. The number of likely N-dealkylation sites (N-methyl/N-ethyl adjacent to an activating group) is 1. The topological polar surface area (TPSA) is 66.8 Å². The SMILES string of the molecule is CN(C(=O)CCCOc1ccccc1)C(C)(C)C(=O)O. The Morgan fingerprint density at radius 2 is 1.85 bits per heavy atom. The van der Waals surface area contributed by atoms with Gasteiger partial charge in [-0.3, -0.25) is 4.79 Å². The number of nitrogens with zero attached hydrogens (tertiary/aromatic N) is 1. The highest BCUT2D eigenvalue weighted by Crippen LogP contribution is 2.15. The van der Waals surface area contributed by atoms with Crippen LogP contribution in [0.25, 0.3) is 0 Å². The van der Waals surface area contributed by atoms with Crippen molar-refractivity contribution in [1.29, 1.82) is 0 Å². The number of para-hydroxylation sites is 1. The number of hydrogen-bond acceptors (Lipinski definition) is 3. The molecule has 0 fully saturated rings. The summed E-state index contributed by atoms with van der Waals surface area (Å²) < 4.78 is 5.48. The van der Waals surface area contributed by atoms with Crippen LogP contribution in [-0.4, -0.2) is 41.1 Å². The molecule has 1 rings (SSSR count). The summed E-state index contributed by atoms with van der Waals surface area (Å²) in [6.45, 7) is 3.44. The van der Waals surface area contributed by atoms with Gasteiger partial charge in [-0.15, -0.1) is 0 Å². The van der Waals surface area contributed by atoms with Gasteiger partial charge in [0.1, 0.15) is 11.3 Å². The van der Waals surface area contributed by atoms with Gasteiger partial charge >= 0.3 is 5.97 Å². The van der Waals surface area contributed by atoms with E-state index in [-0.39, 0.29) is 12.3 Å². The third-order valence-corrected chi connectivity index (χ3v) is 3.28. The minimum absolute atomic E-state index is 0.200. The van der Waals surface area contributed by atoms with E-state index in [1.54, 1.807) is 0 Å². The van der Waals surface area contributed by atoms with Gasteiger partial charge in [0, 0.05) is 13.5 Å². The van der Waals surface area contributed by atoms with E-state index in [0.29, 0.717) is 13.0 Å². The van der Waals surface area contributed by atoms with Gasteiger partial charge in [0.15, 0.2) is 0 Å². The number of carbonyl (C=O) groups excluding carboxylic acids is 1. The van der Waals surface area contributed by atoms with E-state index in [1.165, 1.54) is 25.8 Å². The minimum Gasteiger partial charge on any atom is -0.494 e. The van der Waals surface area contributed by atoms with Gasteiger partial charge < -0.3 is 14.7 Å². The number of carboxylic acid groups (broad SMARTS) is 1. The highest BCUT2D eigenvalue weighted by atomic mass is 16.5. The molecule has 0 spiro atoms. The lowest BCUT2D eigenvalue weighted by atomic mass is 10.0. The smallest absolute Gasteiger partial charge is 0.329 e. The monoisotopic (exact) mass is 279 g/mol. The molecule has 0 unspecified atom stereocenters. The van der Waals surface area contributed by atoms with Crippen molar-refractivity contribution >= 4 is 11.9 Å². The molecule has 0 atom stereocenters. The average molecular weight is 279 g/mol. The molecular formula is C15H21NO4. The predicted octanol–water partition coefficient (Wildman–Crippen LogP) is 2.17. The number of ether oxygens (including phenoxy) is 1. The van der Waals surface area contributed by atoms with Crippen molar-refractivity contribution in [2.45, 2.75) is 32.2 Å². The van der Waals surface area contributed by atoms with Crippen molar-refractivity contribution in [3.8, 4) is 5.75 Å². The van der Waals surface area contributed by atoms with Crippen LogP contribution in [0.1, 0.15) is 26.7 Å². The summed E-state index contributed by atoms with van der Waals surface area (Å²) >= 11 is 0. The summed E-state index contributed by atoms with van der Waals surface area (Å²) in [4.78, 5) is 24.2. The lowest BCUT2D eigenvalue weighted by molar-refractivity contribution is -0.155. The quantitative estimate of drug-likeness (QED) is 0.777. The van der Waals surface area contributed by atoms with E-state index >= 15 is 0 Å². The van der Waals surface area contributed by atoms with Gasteiger partial charge in [-0.2, -0.15) is 0 Å². The van der Waals surface area contributed by atoms with Crippen LogP contribution < -0.4 is 4.74 Å². The molecule has 1 aromatic carbocycles. The number of carbonyl (C=O) groups is 2. The second kappa shape index (κ2) is 6.93. The molecule has 1 aromatic rings. The van der Waals surface area contributed by atoms with Crippen LogP contribution in [0.4, 0.5) is 0 Å². The van der Waals surface area contributed by atoms with E-state index in [0.717, 1.165) is 5.75 Å². The zero-order chi connectivity index (χ0) is 15.2. The molecule has 0 radical (unpaired) electrons. The Bertz CT molecular complexity index is 456. The van der Waals surface area contributed by atoms with E-state index in [4.69, 9.17) is 9.84 Å². The Morgan fingerprint density at radius 1 is 1.25 bits per heavy atom. The van der Waals surface area contributed by atoms with Crippen LogP contribution in [0, 0.1) is 0 Å². The van der Waals surface area contributed by atoms with Gasteiger partial charge in [-0.25, -0.2) is 4.79 Å². The summed E-state index contributed by atoms with van der Waals surface area (Å²) in [5.74, 6) is -0.456. The number of amides is 1. The van der Waals surface area contributed by atoms with E-state index in [1.807, 2.05) is 30.3 Å². The first-order chi connectivity index (χ1) is 9.35. The van der Waals surface area contributed by atoms with E-state index in [9.17, 15) is 9.59 Å². The normalized spacial score (nSPS) is 10.9. The molecule has 1 amide bonds. The molecule has 20 heavy (non-hydrogen) atoms. The third-order valence-electron chi connectivity index (χ3n) is 3.28. The molecule has 1 N–H and O–H groups in total. The van der Waals surface area contributed by atoms with E-state index in [2.05, 4.69) is 0 Å². The zero-order valence-electron chi connectivity index (χ0n) is 12.1. The second-order valence-electron chi connectivity index (χ2n) is 5.08. The van der Waals surface area contributed by atoms with Gasteiger partial charge in [-0.05, 0) is 32.4 Å². The van der Waals surface area contributed by atoms with Crippen molar-refractivity contribution in [3.63, 3.8) is 0 Å². The largest absolute Gasteiger partial charge is 0.494 e. The van der Waals surface area contributed by atoms with Crippen molar-refractivity contribution in [3.05, 3.63) is 30.3 Å². The number of benzene rings is 1. The predicted molar refractivity (Wildman–Crippen MR) is 75.7 cm³/mol. The maximum Gasteiger partial charge on any atom is 0.329 e. The molecule has 0 aliphatic carbocycles. The van der Waals surface area contributed by atoms with Crippen LogP contribution in [0.3, 0.4) is 0 Å². The molecular weight excluding hydrogens is 258 g/mol. The van der Waals surface area contributed by atoms with Crippen LogP contribution in [0.15, 0.2) is 30.3 Å². The standard InChI is InChI=1S/C15H21NO4/c1-15(2,14(18)19)16(3)13(17)10-7-11-20-12-8-5-4-6-9-12/h4-6,8-9H,7,10-11H2,1-3H3,(H,18,19). The Hall–Kier alpha value is -2.04. The maximum absolute atomic E-state index is 11.9. The number of hydrogen-bond donors (Lipinski definition) is 1. The fraction of sp³-hybridized carbons (Fsp3) is 0.467. The summed E-state index contributed by atoms with van der Waals surface area (Å²) in [5.41, 5.74) is -1.20. The molecule has 110 valence electrons. The Labute approximate surface area is 119 Å². The maximum atomic E-state index is 11.9. The average Bonchev–Trinajstić information content (AvgIpc) is 2.43. The van der Waals surface area contributed by atoms with Gasteiger partial charge in [-0.1, -0.05) is 18.2 Å². The van der Waals surface area contributed by atoms with Crippen LogP contribution in [-0.2, 0) is 9.59 Å². The molecule has 0 aliphatic rings. The first kappa shape index (κ1) is 16.0. The lowest BCUT2D eigenvalue weighted by Crippen LogP contribution is -2.50.